The van der Waals surface area contributed by atoms with Gasteiger partial charge in [0.05, 0.1) is 6.26 Å². The van der Waals surface area contributed by atoms with Crippen molar-refractivity contribution in [3.05, 3.63) is 18.4 Å². The molecule has 0 aliphatic carbocycles. The lowest BCUT2D eigenvalue weighted by molar-refractivity contribution is 0.277. The molecule has 0 saturated carbocycles. The first kappa shape index (κ1) is 8.04. The average molecular weight is 130 g/mol. The standard InChI is InChI=1S/C4H4O2.C2H6O/c5-4-2-1-3-6-4;1-3-2/h1-3,5H;1-2H3. The van der Waals surface area contributed by atoms with Gasteiger partial charge < -0.3 is 14.3 Å². The van der Waals surface area contributed by atoms with Crippen molar-refractivity contribution in [1.29, 1.82) is 0 Å². The molecule has 0 spiro atoms. The molecule has 1 aromatic heterocycles. The summed E-state index contributed by atoms with van der Waals surface area (Å²) in [6.07, 6.45) is 1.41. The van der Waals surface area contributed by atoms with Gasteiger partial charge in [-0.3, -0.25) is 0 Å². The normalized spacial score (nSPS) is 7.78. The van der Waals surface area contributed by atoms with Crippen LogP contribution in [0.15, 0.2) is 22.8 Å². The average Bonchev–Trinajstić information content (AvgIpc) is 2.20. The lowest BCUT2D eigenvalue weighted by Crippen LogP contribution is -1.55. The lowest BCUT2D eigenvalue weighted by atomic mass is 10.7. The third kappa shape index (κ3) is 4.90. The molecule has 0 bridgehead atoms. The third-order valence-electron chi connectivity index (χ3n) is 0.506. The van der Waals surface area contributed by atoms with E-state index in [4.69, 9.17) is 5.11 Å². The Kier molecular flexibility index (Phi) is 4.63. The topological polar surface area (TPSA) is 42.6 Å². The molecule has 1 rings (SSSR count). The van der Waals surface area contributed by atoms with Crippen molar-refractivity contribution in [1.82, 2.24) is 0 Å². The van der Waals surface area contributed by atoms with Crippen LogP contribution in [0.25, 0.3) is 0 Å². The predicted molar refractivity (Wildman–Crippen MR) is 33.3 cm³/mol. The monoisotopic (exact) mass is 130 g/mol. The van der Waals surface area contributed by atoms with Crippen LogP contribution in [0.3, 0.4) is 0 Å². The van der Waals surface area contributed by atoms with Crippen LogP contribution in [0.1, 0.15) is 0 Å². The summed E-state index contributed by atoms with van der Waals surface area (Å²) >= 11 is 0. The number of hydrogen-bond donors (Lipinski definition) is 1. The molecule has 0 fully saturated rings. The number of hydrogen-bond acceptors (Lipinski definition) is 3. The van der Waals surface area contributed by atoms with E-state index in [0.29, 0.717) is 0 Å². The summed E-state index contributed by atoms with van der Waals surface area (Å²) in [5, 5.41) is 8.31. The summed E-state index contributed by atoms with van der Waals surface area (Å²) in [5.74, 6) is -0.0324. The molecular formula is C6H10O3. The largest absolute Gasteiger partial charge is 0.481 e. The van der Waals surface area contributed by atoms with Crippen LogP contribution < -0.4 is 0 Å². The lowest BCUT2D eigenvalue weighted by Gasteiger charge is -1.69. The van der Waals surface area contributed by atoms with Crippen molar-refractivity contribution >= 4 is 0 Å². The fraction of sp³-hybridized carbons (Fsp3) is 0.333. The molecule has 0 aromatic carbocycles. The summed E-state index contributed by atoms with van der Waals surface area (Å²) in [5.41, 5.74) is 0. The molecule has 0 radical (unpaired) electrons. The fourth-order valence-corrected chi connectivity index (χ4v) is 0.270. The maximum absolute atomic E-state index is 8.31. The molecule has 1 heterocycles. The van der Waals surface area contributed by atoms with Gasteiger partial charge >= 0.3 is 0 Å². The summed E-state index contributed by atoms with van der Waals surface area (Å²) in [6, 6.07) is 3.09. The Bertz CT molecular complexity index is 123. The van der Waals surface area contributed by atoms with E-state index in [1.54, 1.807) is 20.3 Å². The van der Waals surface area contributed by atoms with E-state index in [-0.39, 0.29) is 5.95 Å². The van der Waals surface area contributed by atoms with Gasteiger partial charge in [0.2, 0.25) is 0 Å². The van der Waals surface area contributed by atoms with Gasteiger partial charge in [0, 0.05) is 20.3 Å². The van der Waals surface area contributed by atoms with Crippen LogP contribution in [0.2, 0.25) is 0 Å². The zero-order valence-corrected chi connectivity index (χ0v) is 5.50. The SMILES string of the molecule is COC.Oc1ccco1. The van der Waals surface area contributed by atoms with Crippen LogP contribution in [0.5, 0.6) is 5.95 Å². The summed E-state index contributed by atoms with van der Waals surface area (Å²) < 4.78 is 8.64. The first-order valence-electron chi connectivity index (χ1n) is 2.44. The van der Waals surface area contributed by atoms with Crippen molar-refractivity contribution in [3.8, 4) is 5.95 Å². The second-order valence-electron chi connectivity index (χ2n) is 1.36. The van der Waals surface area contributed by atoms with Crippen LogP contribution in [0.4, 0.5) is 0 Å². The minimum Gasteiger partial charge on any atom is -0.481 e. The van der Waals surface area contributed by atoms with Gasteiger partial charge in [-0.25, -0.2) is 0 Å². The van der Waals surface area contributed by atoms with Crippen molar-refractivity contribution in [3.63, 3.8) is 0 Å². The predicted octanol–water partition coefficient (Wildman–Crippen LogP) is 1.25. The number of rotatable bonds is 0. The quantitative estimate of drug-likeness (QED) is 0.574. The van der Waals surface area contributed by atoms with Gasteiger partial charge in [-0.05, 0) is 6.07 Å². The first-order valence-corrected chi connectivity index (χ1v) is 2.44. The summed E-state index contributed by atoms with van der Waals surface area (Å²) in [6.45, 7) is 0. The maximum atomic E-state index is 8.31. The number of methoxy groups -OCH3 is 1. The Morgan fingerprint density at radius 2 is 2.11 bits per heavy atom. The van der Waals surface area contributed by atoms with Crippen LogP contribution >= 0.6 is 0 Å². The highest BCUT2D eigenvalue weighted by Crippen LogP contribution is 2.04. The highest BCUT2D eigenvalue weighted by molar-refractivity contribution is 5.00. The van der Waals surface area contributed by atoms with E-state index in [1.165, 1.54) is 12.3 Å². The van der Waals surface area contributed by atoms with Gasteiger partial charge in [0.1, 0.15) is 0 Å². The van der Waals surface area contributed by atoms with Crippen LogP contribution in [-0.4, -0.2) is 19.3 Å². The Balaban J connectivity index is 0.000000187. The highest BCUT2D eigenvalue weighted by atomic mass is 16.5. The Morgan fingerprint density at radius 3 is 2.22 bits per heavy atom. The van der Waals surface area contributed by atoms with Crippen molar-refractivity contribution < 1.29 is 14.3 Å². The van der Waals surface area contributed by atoms with E-state index in [1.807, 2.05) is 0 Å². The Morgan fingerprint density at radius 1 is 1.56 bits per heavy atom. The van der Waals surface area contributed by atoms with E-state index in [9.17, 15) is 0 Å². The van der Waals surface area contributed by atoms with E-state index in [0.717, 1.165) is 0 Å². The van der Waals surface area contributed by atoms with Gasteiger partial charge in [-0.1, -0.05) is 0 Å². The molecule has 1 N–H and O–H groups in total. The van der Waals surface area contributed by atoms with Gasteiger partial charge in [0.15, 0.2) is 0 Å². The van der Waals surface area contributed by atoms with Crippen molar-refractivity contribution in [2.45, 2.75) is 0 Å². The minimum atomic E-state index is -0.0324. The molecule has 0 aliphatic rings. The van der Waals surface area contributed by atoms with Crippen LogP contribution in [0, 0.1) is 0 Å². The molecule has 1 aromatic rings. The molecular weight excluding hydrogens is 120 g/mol. The number of aromatic hydroxyl groups is 1. The zero-order chi connectivity index (χ0) is 7.11. The van der Waals surface area contributed by atoms with E-state index in [2.05, 4.69) is 9.15 Å². The van der Waals surface area contributed by atoms with E-state index >= 15 is 0 Å². The molecule has 0 amide bonds. The smallest absolute Gasteiger partial charge is 0.281 e. The molecule has 9 heavy (non-hydrogen) atoms. The third-order valence-corrected chi connectivity index (χ3v) is 0.506. The van der Waals surface area contributed by atoms with E-state index < -0.39 is 0 Å². The Hall–Kier alpha value is -0.960. The number of ether oxygens (including phenoxy) is 1. The molecule has 0 unspecified atom stereocenters. The summed E-state index contributed by atoms with van der Waals surface area (Å²) in [4.78, 5) is 0. The first-order chi connectivity index (χ1) is 4.31. The molecule has 0 aliphatic heterocycles. The molecule has 52 valence electrons. The van der Waals surface area contributed by atoms with Crippen molar-refractivity contribution in [2.75, 3.05) is 14.2 Å². The highest BCUT2D eigenvalue weighted by Gasteiger charge is 1.79. The molecule has 3 heteroatoms. The van der Waals surface area contributed by atoms with Gasteiger partial charge in [0.25, 0.3) is 5.95 Å². The van der Waals surface area contributed by atoms with Gasteiger partial charge in [-0.2, -0.15) is 0 Å². The van der Waals surface area contributed by atoms with Crippen molar-refractivity contribution in [2.24, 2.45) is 0 Å². The van der Waals surface area contributed by atoms with Gasteiger partial charge in [-0.15, -0.1) is 0 Å². The second-order valence-corrected chi connectivity index (χ2v) is 1.36. The second kappa shape index (κ2) is 5.18. The summed E-state index contributed by atoms with van der Waals surface area (Å²) in [7, 11) is 3.25. The fourth-order valence-electron chi connectivity index (χ4n) is 0.270. The van der Waals surface area contributed by atoms with Crippen LogP contribution in [-0.2, 0) is 4.74 Å². The zero-order valence-electron chi connectivity index (χ0n) is 5.50. The molecule has 3 nitrogen and oxygen atoms in total. The minimum absolute atomic E-state index is 0.0324. The Labute approximate surface area is 53.9 Å². The molecule has 0 saturated heterocycles. The number of furan rings is 1. The maximum Gasteiger partial charge on any atom is 0.281 e. The molecule has 0 atom stereocenters.